The Labute approximate surface area is 226 Å². The highest BCUT2D eigenvalue weighted by molar-refractivity contribution is 5.79. The molecule has 0 radical (unpaired) electrons. The molecule has 38 heavy (non-hydrogen) atoms. The number of anilines is 2. The molecule has 7 nitrogen and oxygen atoms in total. The predicted molar refractivity (Wildman–Crippen MR) is 158 cm³/mol. The Morgan fingerprint density at radius 1 is 1.05 bits per heavy atom. The molecule has 1 aliphatic heterocycles. The minimum Gasteiger partial charge on any atom is -0.394 e. The highest BCUT2D eigenvalue weighted by Crippen LogP contribution is 2.25. The van der Waals surface area contributed by atoms with Crippen LogP contribution in [0.15, 0.2) is 71.5 Å². The average molecular weight is 515 g/mol. The first kappa shape index (κ1) is 27.6. The number of fused-ring (bicyclic) bond motifs is 1. The first-order valence-corrected chi connectivity index (χ1v) is 14.0. The number of aliphatic hydroxyl groups is 1. The third-order valence-corrected chi connectivity index (χ3v) is 6.95. The molecule has 1 atom stereocenters. The first-order valence-electron chi connectivity index (χ1n) is 14.0. The number of nitrogens with one attached hydrogen (secondary N) is 2. The lowest BCUT2D eigenvalue weighted by molar-refractivity contribution is 0.266. The molecule has 3 heterocycles. The number of nitrogens with zero attached hydrogens (tertiary/aromatic N) is 4. The van der Waals surface area contributed by atoms with Crippen LogP contribution >= 0.6 is 0 Å². The summed E-state index contributed by atoms with van der Waals surface area (Å²) < 4.78 is 1.88. The molecule has 1 unspecified atom stereocenters. The van der Waals surface area contributed by atoms with Crippen molar-refractivity contribution in [3.63, 3.8) is 0 Å². The first-order chi connectivity index (χ1) is 18.6. The number of aliphatic imine (C=N–C) groups is 1. The third kappa shape index (κ3) is 8.02. The van der Waals surface area contributed by atoms with E-state index in [9.17, 15) is 5.11 Å². The van der Waals surface area contributed by atoms with Crippen molar-refractivity contribution in [2.45, 2.75) is 83.7 Å². The Bertz CT molecular complexity index is 1230. The van der Waals surface area contributed by atoms with Crippen LogP contribution in [0.2, 0.25) is 0 Å². The standard InChI is InChI=1S/C31H42N6O/c1-24(2)28-22-34-37-30(33-21-26-15-8-5-9-16-26)19-29(36-31(28)37)35-27(23-38)17-11-4-3-7-13-25-14-10-6-12-18-32-20-25/h5,8-9,12,14-16,18-20,22,24,27,33,38H,3-4,6-7,10-11,13,17,21,23H2,1-2H3,(H,35,36)/b18-12+,25-14-,32-20-. The molecule has 0 amide bonds. The van der Waals surface area contributed by atoms with Crippen LogP contribution in [0.5, 0.6) is 0 Å². The predicted octanol–water partition coefficient (Wildman–Crippen LogP) is 6.88. The number of hydrogen-bond acceptors (Lipinski definition) is 6. The van der Waals surface area contributed by atoms with Gasteiger partial charge >= 0.3 is 0 Å². The molecule has 1 aliphatic rings. The van der Waals surface area contributed by atoms with Gasteiger partial charge in [0.25, 0.3) is 0 Å². The van der Waals surface area contributed by atoms with E-state index >= 15 is 0 Å². The van der Waals surface area contributed by atoms with Gasteiger partial charge in [0.05, 0.1) is 18.8 Å². The highest BCUT2D eigenvalue weighted by Gasteiger charge is 2.16. The van der Waals surface area contributed by atoms with Crippen LogP contribution in [-0.2, 0) is 6.54 Å². The van der Waals surface area contributed by atoms with Gasteiger partial charge in [-0.2, -0.15) is 9.61 Å². The molecule has 3 N–H and O–H groups in total. The Morgan fingerprint density at radius 3 is 2.71 bits per heavy atom. The van der Waals surface area contributed by atoms with Gasteiger partial charge in [-0.3, -0.25) is 4.99 Å². The lowest BCUT2D eigenvalue weighted by Crippen LogP contribution is -2.24. The smallest absolute Gasteiger partial charge is 0.163 e. The van der Waals surface area contributed by atoms with Crippen LogP contribution < -0.4 is 10.6 Å². The van der Waals surface area contributed by atoms with E-state index in [2.05, 4.69) is 58.9 Å². The van der Waals surface area contributed by atoms with Gasteiger partial charge < -0.3 is 15.7 Å². The third-order valence-electron chi connectivity index (χ3n) is 6.95. The van der Waals surface area contributed by atoms with Crippen molar-refractivity contribution in [1.82, 2.24) is 14.6 Å². The second-order valence-electron chi connectivity index (χ2n) is 10.4. The van der Waals surface area contributed by atoms with Gasteiger partial charge in [0.15, 0.2) is 5.65 Å². The molecule has 0 spiro atoms. The van der Waals surface area contributed by atoms with Crippen molar-refractivity contribution in [2.24, 2.45) is 4.99 Å². The van der Waals surface area contributed by atoms with E-state index in [1.807, 2.05) is 47.4 Å². The van der Waals surface area contributed by atoms with E-state index < -0.39 is 0 Å². The quantitative estimate of drug-likeness (QED) is 0.204. The number of aromatic nitrogens is 3. The Morgan fingerprint density at radius 2 is 1.89 bits per heavy atom. The normalized spacial score (nSPS) is 17.4. The second-order valence-corrected chi connectivity index (χ2v) is 10.4. The van der Waals surface area contributed by atoms with Crippen molar-refractivity contribution in [1.29, 1.82) is 0 Å². The van der Waals surface area contributed by atoms with Crippen molar-refractivity contribution in [3.05, 3.63) is 77.6 Å². The fraction of sp³-hybridized carbons (Fsp3) is 0.452. The van der Waals surface area contributed by atoms with Gasteiger partial charge in [0.1, 0.15) is 11.6 Å². The van der Waals surface area contributed by atoms with Crippen molar-refractivity contribution >= 4 is 23.5 Å². The maximum absolute atomic E-state index is 10.1. The van der Waals surface area contributed by atoms with Crippen molar-refractivity contribution in [2.75, 3.05) is 17.2 Å². The Hall–Kier alpha value is -3.45. The molecule has 4 rings (SSSR count). The summed E-state index contributed by atoms with van der Waals surface area (Å²) in [6, 6.07) is 12.3. The molecule has 3 aromatic rings. The SMILES string of the molecule is CC(C)c1cnn2c(NCc3ccccc3)cc(NC(CO)CCCCCCC3=C/CC/C=C/N=C\3)nc12. The van der Waals surface area contributed by atoms with Crippen LogP contribution in [0.1, 0.15) is 82.3 Å². The molecule has 0 aliphatic carbocycles. The van der Waals surface area contributed by atoms with Gasteiger partial charge in [0.2, 0.25) is 0 Å². The summed E-state index contributed by atoms with van der Waals surface area (Å²) in [7, 11) is 0. The monoisotopic (exact) mass is 514 g/mol. The van der Waals surface area contributed by atoms with Gasteiger partial charge in [0, 0.05) is 30.6 Å². The lowest BCUT2D eigenvalue weighted by Gasteiger charge is -2.19. The Kier molecular flexibility index (Phi) is 10.5. The van der Waals surface area contributed by atoms with E-state index in [1.165, 1.54) is 24.0 Å². The van der Waals surface area contributed by atoms with Crippen LogP contribution in [0, 0.1) is 0 Å². The molecule has 0 fully saturated rings. The van der Waals surface area contributed by atoms with Crippen molar-refractivity contribution in [3.8, 4) is 0 Å². The van der Waals surface area contributed by atoms with Crippen LogP contribution in [0.4, 0.5) is 11.6 Å². The number of aliphatic hydroxyl groups excluding tert-OH is 1. The van der Waals surface area contributed by atoms with Crippen LogP contribution in [-0.4, -0.2) is 38.6 Å². The molecule has 0 saturated heterocycles. The summed E-state index contributed by atoms with van der Waals surface area (Å²) in [5, 5.41) is 21.7. The van der Waals surface area contributed by atoms with Gasteiger partial charge in [-0.05, 0) is 49.2 Å². The topological polar surface area (TPSA) is 86.8 Å². The highest BCUT2D eigenvalue weighted by atomic mass is 16.3. The average Bonchev–Trinajstić information content (AvgIpc) is 3.34. The molecular formula is C31H42N6O. The van der Waals surface area contributed by atoms with E-state index in [4.69, 9.17) is 4.98 Å². The summed E-state index contributed by atoms with van der Waals surface area (Å²) in [5.74, 6) is 1.96. The number of allylic oxidation sites excluding steroid dienone is 3. The molecule has 7 heteroatoms. The number of benzene rings is 1. The van der Waals surface area contributed by atoms with E-state index in [0.29, 0.717) is 12.5 Å². The summed E-state index contributed by atoms with van der Waals surface area (Å²) in [4.78, 5) is 9.24. The summed E-state index contributed by atoms with van der Waals surface area (Å²) in [6.45, 7) is 5.08. The molecule has 0 bridgehead atoms. The van der Waals surface area contributed by atoms with E-state index in [-0.39, 0.29) is 12.6 Å². The van der Waals surface area contributed by atoms with E-state index in [1.54, 1.807) is 0 Å². The van der Waals surface area contributed by atoms with Crippen LogP contribution in [0.3, 0.4) is 0 Å². The van der Waals surface area contributed by atoms with E-state index in [0.717, 1.165) is 61.4 Å². The zero-order chi connectivity index (χ0) is 26.6. The fourth-order valence-electron chi connectivity index (χ4n) is 4.73. The lowest BCUT2D eigenvalue weighted by atomic mass is 10.0. The number of hydrogen-bond donors (Lipinski definition) is 3. The Balaban J connectivity index is 1.33. The molecule has 0 saturated carbocycles. The minimum atomic E-state index is -0.0374. The minimum absolute atomic E-state index is 0.0374. The molecule has 202 valence electrons. The van der Waals surface area contributed by atoms with Gasteiger partial charge in [-0.25, -0.2) is 4.98 Å². The molecule has 1 aromatic carbocycles. The summed E-state index contributed by atoms with van der Waals surface area (Å²) in [5.41, 5.74) is 4.51. The summed E-state index contributed by atoms with van der Waals surface area (Å²) >= 11 is 0. The largest absolute Gasteiger partial charge is 0.394 e. The van der Waals surface area contributed by atoms with Crippen molar-refractivity contribution < 1.29 is 5.11 Å². The zero-order valence-corrected chi connectivity index (χ0v) is 22.8. The maximum Gasteiger partial charge on any atom is 0.163 e. The molecule has 2 aromatic heterocycles. The van der Waals surface area contributed by atoms with Gasteiger partial charge in [-0.15, -0.1) is 0 Å². The fourth-order valence-corrected chi connectivity index (χ4v) is 4.73. The van der Waals surface area contributed by atoms with Gasteiger partial charge in [-0.1, -0.05) is 75.6 Å². The van der Waals surface area contributed by atoms with Crippen LogP contribution in [0.25, 0.3) is 5.65 Å². The number of unbranched alkanes of at least 4 members (excludes halogenated alkanes) is 3. The summed E-state index contributed by atoms with van der Waals surface area (Å²) in [6.07, 6.45) is 19.0. The maximum atomic E-state index is 10.1. The number of rotatable bonds is 14. The second kappa shape index (κ2) is 14.5. The molecular weight excluding hydrogens is 472 g/mol. The zero-order valence-electron chi connectivity index (χ0n) is 22.8.